The molecule has 1 N–H and O–H groups in total. The van der Waals surface area contributed by atoms with Gasteiger partial charge in [-0.3, -0.25) is 9.56 Å². The summed E-state index contributed by atoms with van der Waals surface area (Å²) in [6, 6.07) is 8.50. The molecule has 0 bridgehead atoms. The maximum Gasteiger partial charge on any atom is 0.163 e. The summed E-state index contributed by atoms with van der Waals surface area (Å²) < 4.78 is 7.60. The minimum atomic E-state index is -0.114. The van der Waals surface area contributed by atoms with Gasteiger partial charge in [0.15, 0.2) is 5.82 Å². The van der Waals surface area contributed by atoms with Crippen LogP contribution in [-0.4, -0.2) is 47.3 Å². The Balaban J connectivity index is 0.000000937. The van der Waals surface area contributed by atoms with E-state index < -0.39 is 0 Å². The molecule has 2 aliphatic heterocycles. The first-order valence-electron chi connectivity index (χ1n) is 13.8. The molecule has 6 rings (SSSR count). The summed E-state index contributed by atoms with van der Waals surface area (Å²) in [5, 5.41) is 13.5. The van der Waals surface area contributed by atoms with Gasteiger partial charge in [-0.1, -0.05) is 44.2 Å². The van der Waals surface area contributed by atoms with Crippen molar-refractivity contribution in [1.82, 2.24) is 20.1 Å². The molecular weight excluding hydrogens is 490 g/mol. The number of hydrogen-bond acceptors (Lipinski definition) is 6. The molecule has 6 nitrogen and oxygen atoms in total. The third-order valence-electron chi connectivity index (χ3n) is 7.77. The molecule has 200 valence electrons. The van der Waals surface area contributed by atoms with Crippen LogP contribution in [0.2, 0.25) is 0 Å². The Morgan fingerprint density at radius 2 is 1.82 bits per heavy atom. The van der Waals surface area contributed by atoms with Gasteiger partial charge in [0.2, 0.25) is 0 Å². The van der Waals surface area contributed by atoms with E-state index in [4.69, 9.17) is 9.73 Å². The number of thiophene rings is 1. The molecule has 1 atom stereocenters. The molecule has 3 aromatic rings. The second kappa shape index (κ2) is 11.1. The van der Waals surface area contributed by atoms with E-state index in [0.717, 1.165) is 39.9 Å². The Kier molecular flexibility index (Phi) is 7.85. The predicted molar refractivity (Wildman–Crippen MR) is 156 cm³/mol. The van der Waals surface area contributed by atoms with Gasteiger partial charge < -0.3 is 10.1 Å². The quantitative estimate of drug-likeness (QED) is 0.424. The Morgan fingerprint density at radius 3 is 2.45 bits per heavy atom. The molecule has 3 aliphatic rings. The molecule has 7 heteroatoms. The van der Waals surface area contributed by atoms with E-state index in [-0.39, 0.29) is 6.04 Å². The van der Waals surface area contributed by atoms with Crippen LogP contribution in [0.25, 0.3) is 5.00 Å². The van der Waals surface area contributed by atoms with Gasteiger partial charge in [-0.25, -0.2) is 0 Å². The largest absolute Gasteiger partial charge is 0.385 e. The third-order valence-corrected chi connectivity index (χ3v) is 8.97. The minimum Gasteiger partial charge on any atom is -0.385 e. The standard InChI is InChI=1S/C28H31N5OS.C3H8/c1-17-18(2)35-27-24(17)25(30-23(11-12-34-4)26-32-31-19(3)33(26)27)22-9-7-20(8-10-22)5-6-21-13-28(14-21)15-29-16-28;1-3-2/h7-10,21,23,29H,11-16H2,1-4H3;3H2,1-2H3. The van der Waals surface area contributed by atoms with Crippen molar-refractivity contribution in [3.63, 3.8) is 0 Å². The van der Waals surface area contributed by atoms with Gasteiger partial charge in [-0.2, -0.15) is 0 Å². The van der Waals surface area contributed by atoms with Crippen LogP contribution in [0.3, 0.4) is 0 Å². The average molecular weight is 530 g/mol. The lowest BCUT2D eigenvalue weighted by Gasteiger charge is -2.53. The molecule has 2 aromatic heterocycles. The van der Waals surface area contributed by atoms with Gasteiger partial charge in [-0.15, -0.1) is 21.5 Å². The van der Waals surface area contributed by atoms with E-state index in [1.54, 1.807) is 18.4 Å². The predicted octanol–water partition coefficient (Wildman–Crippen LogP) is 5.95. The maximum absolute atomic E-state index is 5.41. The molecule has 0 radical (unpaired) electrons. The summed E-state index contributed by atoms with van der Waals surface area (Å²) in [5.74, 6) is 9.24. The van der Waals surface area contributed by atoms with Gasteiger partial charge in [0, 0.05) is 60.7 Å². The van der Waals surface area contributed by atoms with Gasteiger partial charge >= 0.3 is 0 Å². The monoisotopic (exact) mass is 529 g/mol. The molecular formula is C31H39N5OS. The molecule has 1 spiro atoms. The molecule has 4 heterocycles. The van der Waals surface area contributed by atoms with E-state index in [1.807, 2.05) is 6.92 Å². The number of aromatic nitrogens is 3. The molecule has 2 fully saturated rings. The van der Waals surface area contributed by atoms with Crippen molar-refractivity contribution in [3.8, 4) is 16.8 Å². The number of aryl methyl sites for hydroxylation is 2. The summed E-state index contributed by atoms with van der Waals surface area (Å²) in [6.07, 6.45) is 4.49. The number of fused-ring (bicyclic) bond motifs is 3. The average Bonchev–Trinajstić information content (AvgIpc) is 3.33. The summed E-state index contributed by atoms with van der Waals surface area (Å²) in [6.45, 7) is 13.6. The van der Waals surface area contributed by atoms with Crippen molar-refractivity contribution in [2.75, 3.05) is 26.8 Å². The van der Waals surface area contributed by atoms with E-state index in [1.165, 1.54) is 48.4 Å². The first-order chi connectivity index (χ1) is 18.4. The SMILES string of the molecule is CCC.COCCC1N=C(c2ccc(C#CC3CC4(CNC4)C3)cc2)c2c(sc(C)c2C)-n2c(C)nnc21. The van der Waals surface area contributed by atoms with Crippen molar-refractivity contribution in [1.29, 1.82) is 0 Å². The lowest BCUT2D eigenvalue weighted by molar-refractivity contribution is 0.0266. The molecule has 38 heavy (non-hydrogen) atoms. The molecule has 1 aromatic carbocycles. The second-order valence-electron chi connectivity index (χ2n) is 10.9. The number of methoxy groups -OCH3 is 1. The van der Waals surface area contributed by atoms with Crippen molar-refractivity contribution in [2.24, 2.45) is 16.3 Å². The van der Waals surface area contributed by atoms with Gasteiger partial charge in [0.05, 0.1) is 5.71 Å². The first-order valence-corrected chi connectivity index (χ1v) is 14.6. The lowest BCUT2D eigenvalue weighted by atomic mass is 9.59. The van der Waals surface area contributed by atoms with E-state index in [9.17, 15) is 0 Å². The van der Waals surface area contributed by atoms with Gasteiger partial charge in [0.25, 0.3) is 0 Å². The Labute approximate surface area is 230 Å². The van der Waals surface area contributed by atoms with Crippen molar-refractivity contribution < 1.29 is 4.74 Å². The molecule has 1 saturated heterocycles. The van der Waals surface area contributed by atoms with Gasteiger partial charge in [-0.05, 0) is 56.7 Å². The molecule has 1 aliphatic carbocycles. The zero-order valence-corrected chi connectivity index (χ0v) is 24.3. The first kappa shape index (κ1) is 26.8. The normalized spacial score (nSPS) is 19.0. The number of benzene rings is 1. The highest BCUT2D eigenvalue weighted by molar-refractivity contribution is 7.15. The molecule has 1 unspecified atom stereocenters. The third kappa shape index (κ3) is 4.98. The van der Waals surface area contributed by atoms with Crippen LogP contribution in [0, 0.1) is 43.9 Å². The van der Waals surface area contributed by atoms with Crippen LogP contribution in [0.4, 0.5) is 0 Å². The Morgan fingerprint density at radius 1 is 1.11 bits per heavy atom. The number of nitrogens with one attached hydrogen (secondary N) is 1. The number of ether oxygens (including phenoxy) is 1. The van der Waals surface area contributed by atoms with Crippen molar-refractivity contribution in [2.45, 2.75) is 66.3 Å². The lowest BCUT2D eigenvalue weighted by Crippen LogP contribution is -2.59. The van der Waals surface area contributed by atoms with Crippen LogP contribution >= 0.6 is 11.3 Å². The zero-order valence-electron chi connectivity index (χ0n) is 23.5. The van der Waals surface area contributed by atoms with Crippen molar-refractivity contribution in [3.05, 3.63) is 63.0 Å². The highest BCUT2D eigenvalue weighted by atomic mass is 32.1. The van der Waals surface area contributed by atoms with E-state index >= 15 is 0 Å². The number of hydrogen-bond donors (Lipinski definition) is 1. The Bertz CT molecular complexity index is 1380. The fourth-order valence-electron chi connectivity index (χ4n) is 5.56. The highest BCUT2D eigenvalue weighted by Gasteiger charge is 2.47. The maximum atomic E-state index is 5.41. The topological polar surface area (TPSA) is 64.3 Å². The number of nitrogens with zero attached hydrogens (tertiary/aromatic N) is 4. The Hall–Kier alpha value is -2.79. The minimum absolute atomic E-state index is 0.114. The molecule has 1 saturated carbocycles. The summed E-state index contributed by atoms with van der Waals surface area (Å²) >= 11 is 1.79. The van der Waals surface area contributed by atoms with Crippen LogP contribution in [0.1, 0.15) is 84.4 Å². The smallest absolute Gasteiger partial charge is 0.163 e. The fourth-order valence-corrected chi connectivity index (χ4v) is 6.78. The van der Waals surface area contributed by atoms with Crippen LogP contribution in [0.5, 0.6) is 0 Å². The van der Waals surface area contributed by atoms with Gasteiger partial charge in [0.1, 0.15) is 16.9 Å². The highest BCUT2D eigenvalue weighted by Crippen LogP contribution is 2.48. The zero-order chi connectivity index (χ0) is 26.9. The number of rotatable bonds is 4. The number of aliphatic imine (C=N–C) groups is 1. The summed E-state index contributed by atoms with van der Waals surface area (Å²) in [7, 11) is 1.73. The van der Waals surface area contributed by atoms with E-state index in [0.29, 0.717) is 17.9 Å². The molecule has 0 amide bonds. The summed E-state index contributed by atoms with van der Waals surface area (Å²) in [5.41, 5.74) is 6.21. The van der Waals surface area contributed by atoms with Crippen molar-refractivity contribution >= 4 is 17.0 Å². The van der Waals surface area contributed by atoms with Crippen LogP contribution < -0.4 is 5.32 Å². The fraction of sp³-hybridized carbons (Fsp3) is 0.516. The van der Waals surface area contributed by atoms with E-state index in [2.05, 4.69) is 83.9 Å². The summed E-state index contributed by atoms with van der Waals surface area (Å²) in [4.78, 5) is 6.58. The van der Waals surface area contributed by atoms with Crippen LogP contribution in [0.15, 0.2) is 29.3 Å². The van der Waals surface area contributed by atoms with Crippen LogP contribution in [-0.2, 0) is 4.74 Å². The second-order valence-corrected chi connectivity index (χ2v) is 12.1.